The maximum Gasteiger partial charge on any atom is 0.265 e. The van der Waals surface area contributed by atoms with Gasteiger partial charge >= 0.3 is 0 Å². The van der Waals surface area contributed by atoms with Crippen LogP contribution in [0.1, 0.15) is 26.7 Å². The molecule has 5 nitrogen and oxygen atoms in total. The molecule has 1 aliphatic rings. The van der Waals surface area contributed by atoms with Crippen LogP contribution in [0.3, 0.4) is 0 Å². The minimum atomic E-state index is -3.61. The lowest BCUT2D eigenvalue weighted by atomic mass is 9.99. The smallest absolute Gasteiger partial charge is 0.265 e. The molecule has 6 heteroatoms. The predicted octanol–water partition coefficient (Wildman–Crippen LogP) is 3.53. The van der Waals surface area contributed by atoms with Crippen LogP contribution in [0.2, 0.25) is 0 Å². The molecule has 1 aromatic carbocycles. The molecule has 1 aliphatic heterocycles. The highest BCUT2D eigenvalue weighted by molar-refractivity contribution is 7.92. The molecule has 2 heterocycles. The van der Waals surface area contributed by atoms with Crippen LogP contribution in [0, 0.1) is 5.92 Å². The molecule has 0 saturated carbocycles. The van der Waals surface area contributed by atoms with Gasteiger partial charge in [0, 0.05) is 25.8 Å². The first kappa shape index (κ1) is 17.7. The maximum atomic E-state index is 13.0. The lowest BCUT2D eigenvalue weighted by Crippen LogP contribution is -2.33. The number of nitrogens with zero attached hydrogens (tertiary/aromatic N) is 3. The van der Waals surface area contributed by atoms with E-state index in [1.54, 1.807) is 18.2 Å². The van der Waals surface area contributed by atoms with Crippen molar-refractivity contribution in [1.29, 1.82) is 0 Å². The summed E-state index contributed by atoms with van der Waals surface area (Å²) in [7, 11) is -3.61. The molecular formula is C19H25N3O2S. The molecule has 25 heavy (non-hydrogen) atoms. The molecule has 0 spiro atoms. The Morgan fingerprint density at radius 3 is 2.36 bits per heavy atom. The number of anilines is 2. The normalized spacial score (nSPS) is 16.0. The summed E-state index contributed by atoms with van der Waals surface area (Å²) in [5.41, 5.74) is 0.666. The highest BCUT2D eigenvalue weighted by Crippen LogP contribution is 2.25. The van der Waals surface area contributed by atoms with E-state index in [0.29, 0.717) is 12.2 Å². The van der Waals surface area contributed by atoms with Crippen molar-refractivity contribution in [2.75, 3.05) is 28.8 Å². The van der Waals surface area contributed by atoms with Gasteiger partial charge in [-0.3, -0.25) is 4.31 Å². The number of piperidine rings is 1. The van der Waals surface area contributed by atoms with Crippen LogP contribution >= 0.6 is 0 Å². The summed E-state index contributed by atoms with van der Waals surface area (Å²) in [4.78, 5) is 6.88. The zero-order chi connectivity index (χ0) is 17.9. The number of rotatable bonds is 5. The topological polar surface area (TPSA) is 53.5 Å². The van der Waals surface area contributed by atoms with E-state index >= 15 is 0 Å². The summed E-state index contributed by atoms with van der Waals surface area (Å²) in [5, 5.41) is 0. The van der Waals surface area contributed by atoms with Crippen molar-refractivity contribution >= 4 is 21.5 Å². The molecular weight excluding hydrogens is 334 g/mol. The Balaban J connectivity index is 1.83. The van der Waals surface area contributed by atoms with Gasteiger partial charge in [0.1, 0.15) is 10.7 Å². The first-order valence-corrected chi connectivity index (χ1v) is 10.2. The van der Waals surface area contributed by atoms with Gasteiger partial charge in [-0.1, -0.05) is 25.1 Å². The number of hydrogen-bond donors (Lipinski definition) is 0. The van der Waals surface area contributed by atoms with Gasteiger partial charge in [-0.2, -0.15) is 0 Å². The molecule has 0 amide bonds. The third-order valence-electron chi connectivity index (χ3n) is 4.75. The molecule has 0 atom stereocenters. The highest BCUT2D eigenvalue weighted by Gasteiger charge is 2.24. The zero-order valence-electron chi connectivity index (χ0n) is 14.8. The lowest BCUT2D eigenvalue weighted by Gasteiger charge is -2.31. The van der Waals surface area contributed by atoms with E-state index in [9.17, 15) is 8.42 Å². The monoisotopic (exact) mass is 359 g/mol. The quantitative estimate of drug-likeness (QED) is 0.819. The first-order valence-electron chi connectivity index (χ1n) is 8.81. The fourth-order valence-electron chi connectivity index (χ4n) is 3.16. The van der Waals surface area contributed by atoms with Crippen molar-refractivity contribution in [2.45, 2.75) is 31.6 Å². The largest absolute Gasteiger partial charge is 0.357 e. The number of hydrogen-bond acceptors (Lipinski definition) is 4. The van der Waals surface area contributed by atoms with Gasteiger partial charge in [-0.25, -0.2) is 13.4 Å². The van der Waals surface area contributed by atoms with E-state index in [0.717, 1.165) is 37.7 Å². The number of aromatic nitrogens is 1. The Morgan fingerprint density at radius 2 is 1.80 bits per heavy atom. The second-order valence-electron chi connectivity index (χ2n) is 6.53. The van der Waals surface area contributed by atoms with Crippen LogP contribution in [0.5, 0.6) is 0 Å². The van der Waals surface area contributed by atoms with Crippen molar-refractivity contribution in [3.8, 4) is 0 Å². The SMILES string of the molecule is CCN(c1ccccc1)S(=O)(=O)c1ccc(N2CCC(C)CC2)nc1. The van der Waals surface area contributed by atoms with Gasteiger partial charge < -0.3 is 4.90 Å². The van der Waals surface area contributed by atoms with Crippen molar-refractivity contribution in [2.24, 2.45) is 5.92 Å². The molecule has 1 aromatic heterocycles. The summed E-state index contributed by atoms with van der Waals surface area (Å²) in [6, 6.07) is 12.6. The number of para-hydroxylation sites is 1. The zero-order valence-corrected chi connectivity index (χ0v) is 15.6. The number of benzene rings is 1. The summed E-state index contributed by atoms with van der Waals surface area (Å²) < 4.78 is 27.3. The molecule has 3 rings (SSSR count). The average molecular weight is 359 g/mol. The van der Waals surface area contributed by atoms with Gasteiger partial charge in [0.15, 0.2) is 0 Å². The van der Waals surface area contributed by atoms with Crippen LogP contribution in [0.25, 0.3) is 0 Å². The fraction of sp³-hybridized carbons (Fsp3) is 0.421. The van der Waals surface area contributed by atoms with E-state index in [1.807, 2.05) is 31.2 Å². The molecule has 2 aromatic rings. The molecule has 1 saturated heterocycles. The summed E-state index contributed by atoms with van der Waals surface area (Å²) >= 11 is 0. The van der Waals surface area contributed by atoms with E-state index in [1.165, 1.54) is 10.5 Å². The average Bonchev–Trinajstić information content (AvgIpc) is 2.64. The second-order valence-corrected chi connectivity index (χ2v) is 8.39. The lowest BCUT2D eigenvalue weighted by molar-refractivity contribution is 0.436. The summed E-state index contributed by atoms with van der Waals surface area (Å²) in [5.74, 6) is 1.61. The van der Waals surface area contributed by atoms with Crippen molar-refractivity contribution in [3.63, 3.8) is 0 Å². The Bertz CT molecular complexity index is 783. The van der Waals surface area contributed by atoms with Crippen LogP contribution in [-0.2, 0) is 10.0 Å². The van der Waals surface area contributed by atoms with Crippen LogP contribution < -0.4 is 9.21 Å². The number of sulfonamides is 1. The Labute approximate surface area is 150 Å². The van der Waals surface area contributed by atoms with Gasteiger partial charge in [0.25, 0.3) is 10.0 Å². The molecule has 0 bridgehead atoms. The van der Waals surface area contributed by atoms with E-state index in [2.05, 4.69) is 16.8 Å². The van der Waals surface area contributed by atoms with Crippen molar-refractivity contribution in [1.82, 2.24) is 4.98 Å². The Morgan fingerprint density at radius 1 is 1.12 bits per heavy atom. The van der Waals surface area contributed by atoms with E-state index in [4.69, 9.17) is 0 Å². The van der Waals surface area contributed by atoms with Gasteiger partial charge in [0.2, 0.25) is 0 Å². The summed E-state index contributed by atoms with van der Waals surface area (Å²) in [6.45, 7) is 6.43. The van der Waals surface area contributed by atoms with Crippen molar-refractivity contribution < 1.29 is 8.42 Å². The minimum absolute atomic E-state index is 0.229. The van der Waals surface area contributed by atoms with Crippen LogP contribution in [-0.4, -0.2) is 33.0 Å². The van der Waals surface area contributed by atoms with Crippen molar-refractivity contribution in [3.05, 3.63) is 48.7 Å². The van der Waals surface area contributed by atoms with E-state index in [-0.39, 0.29) is 4.90 Å². The summed E-state index contributed by atoms with van der Waals surface area (Å²) in [6.07, 6.45) is 3.78. The molecule has 0 N–H and O–H groups in total. The van der Waals surface area contributed by atoms with Gasteiger partial charge in [-0.05, 0) is 49.9 Å². The van der Waals surface area contributed by atoms with E-state index < -0.39 is 10.0 Å². The first-order chi connectivity index (χ1) is 12.0. The molecule has 0 unspecified atom stereocenters. The van der Waals surface area contributed by atoms with Gasteiger partial charge in [-0.15, -0.1) is 0 Å². The maximum absolute atomic E-state index is 13.0. The third-order valence-corrected chi connectivity index (χ3v) is 6.63. The Hall–Kier alpha value is -2.08. The Kier molecular flexibility index (Phi) is 5.27. The van der Waals surface area contributed by atoms with Crippen LogP contribution in [0.15, 0.2) is 53.6 Å². The highest BCUT2D eigenvalue weighted by atomic mass is 32.2. The molecule has 1 fully saturated rings. The third kappa shape index (κ3) is 3.79. The standard InChI is InChI=1S/C19H25N3O2S/c1-3-22(17-7-5-4-6-8-17)25(23,24)18-9-10-19(20-15-18)21-13-11-16(2)12-14-21/h4-10,15-16H,3,11-14H2,1-2H3. The van der Waals surface area contributed by atoms with Gasteiger partial charge in [0.05, 0.1) is 5.69 Å². The molecule has 0 radical (unpaired) electrons. The number of pyridine rings is 1. The molecule has 0 aliphatic carbocycles. The second kappa shape index (κ2) is 7.44. The molecule has 134 valence electrons. The fourth-order valence-corrected chi connectivity index (χ4v) is 4.58. The van der Waals surface area contributed by atoms with Crippen LogP contribution in [0.4, 0.5) is 11.5 Å². The predicted molar refractivity (Wildman–Crippen MR) is 101 cm³/mol. The minimum Gasteiger partial charge on any atom is -0.357 e.